The summed E-state index contributed by atoms with van der Waals surface area (Å²) in [4.78, 5) is 18.7. The maximum Gasteiger partial charge on any atom is 0.246 e. The van der Waals surface area contributed by atoms with E-state index in [-0.39, 0.29) is 23.5 Å². The first kappa shape index (κ1) is 27.3. The molecular weight excluding hydrogens is 520 g/mol. The Hall–Kier alpha value is -3.57. The number of rotatable bonds is 8. The zero-order chi connectivity index (χ0) is 28.8. The average Bonchev–Trinajstić information content (AvgIpc) is 3.34. The fourth-order valence-electron chi connectivity index (χ4n) is 8.73. The fourth-order valence-corrected chi connectivity index (χ4v) is 8.73. The van der Waals surface area contributed by atoms with E-state index < -0.39 is 0 Å². The average molecular weight is 563 g/mol. The van der Waals surface area contributed by atoms with Gasteiger partial charge in [0.25, 0.3) is 0 Å². The van der Waals surface area contributed by atoms with Gasteiger partial charge < -0.3 is 14.7 Å². The lowest BCUT2D eigenvalue weighted by molar-refractivity contribution is -0.138. The minimum absolute atomic E-state index is 0.00594. The van der Waals surface area contributed by atoms with Crippen LogP contribution in [0.4, 0.5) is 0 Å². The molecule has 0 aromatic heterocycles. The molecule has 1 amide bonds. The Morgan fingerprint density at radius 3 is 2.60 bits per heavy atom. The minimum atomic E-state index is -0.170. The van der Waals surface area contributed by atoms with Crippen LogP contribution >= 0.6 is 0 Å². The number of likely N-dealkylation sites (tertiary alicyclic amines) is 1. The summed E-state index contributed by atoms with van der Waals surface area (Å²) in [7, 11) is 0. The van der Waals surface area contributed by atoms with E-state index in [9.17, 15) is 9.90 Å². The number of phenolic OH excluding ortho intramolecular Hbond substituents is 1. The molecule has 3 aromatic carbocycles. The number of aromatic hydroxyl groups is 1. The van der Waals surface area contributed by atoms with Crippen molar-refractivity contribution in [3.05, 3.63) is 101 Å². The predicted octanol–water partition coefficient (Wildman–Crippen LogP) is 6.24. The molecule has 1 saturated heterocycles. The van der Waals surface area contributed by atoms with Crippen molar-refractivity contribution in [3.63, 3.8) is 0 Å². The van der Waals surface area contributed by atoms with Crippen molar-refractivity contribution in [1.29, 1.82) is 0 Å². The van der Waals surface area contributed by atoms with E-state index in [1.807, 2.05) is 48.5 Å². The van der Waals surface area contributed by atoms with Crippen molar-refractivity contribution in [2.45, 2.75) is 69.6 Å². The molecule has 2 heterocycles. The van der Waals surface area contributed by atoms with Gasteiger partial charge in [-0.2, -0.15) is 0 Å². The zero-order valence-electron chi connectivity index (χ0n) is 24.8. The largest absolute Gasteiger partial charge is 0.508 e. The van der Waals surface area contributed by atoms with Crippen LogP contribution in [0.25, 0.3) is 6.08 Å². The van der Waals surface area contributed by atoms with Crippen molar-refractivity contribution in [3.8, 4) is 11.5 Å². The van der Waals surface area contributed by atoms with Crippen LogP contribution in [-0.4, -0.2) is 58.6 Å². The SMILES string of the molecule is CC(C)CN(C(=O)C=Cc1ccccc1)[C@@H]1CC[C@H]2[C@H]3Cc4c(O)ccc5c4[C@@]2(CCN3CCc2ccccc2)[C@H]1O5. The molecule has 5 heteroatoms. The van der Waals surface area contributed by atoms with Gasteiger partial charge in [-0.3, -0.25) is 9.69 Å². The highest BCUT2D eigenvalue weighted by atomic mass is 16.5. The first-order valence-electron chi connectivity index (χ1n) is 15.8. The Kier molecular flexibility index (Phi) is 7.09. The monoisotopic (exact) mass is 562 g/mol. The van der Waals surface area contributed by atoms with E-state index in [0.29, 0.717) is 30.2 Å². The quantitative estimate of drug-likeness (QED) is 0.330. The van der Waals surface area contributed by atoms with Gasteiger partial charge in [-0.15, -0.1) is 0 Å². The Labute approximate surface area is 249 Å². The zero-order valence-corrected chi connectivity index (χ0v) is 24.8. The summed E-state index contributed by atoms with van der Waals surface area (Å²) < 4.78 is 6.94. The molecule has 42 heavy (non-hydrogen) atoms. The van der Waals surface area contributed by atoms with Gasteiger partial charge in [-0.05, 0) is 79.8 Å². The summed E-state index contributed by atoms with van der Waals surface area (Å²) >= 11 is 0. The molecule has 2 aliphatic heterocycles. The minimum Gasteiger partial charge on any atom is -0.508 e. The number of ether oxygens (including phenoxy) is 1. The Bertz CT molecular complexity index is 1470. The molecule has 3 aromatic rings. The van der Waals surface area contributed by atoms with Gasteiger partial charge in [0, 0.05) is 41.7 Å². The molecule has 2 aliphatic carbocycles. The van der Waals surface area contributed by atoms with E-state index in [0.717, 1.165) is 62.1 Å². The lowest BCUT2D eigenvalue weighted by Crippen LogP contribution is -2.69. The van der Waals surface area contributed by atoms with Gasteiger partial charge in [0.2, 0.25) is 5.91 Å². The normalized spacial score (nSPS) is 27.6. The third kappa shape index (κ3) is 4.53. The lowest BCUT2D eigenvalue weighted by Gasteiger charge is -2.60. The highest BCUT2D eigenvalue weighted by Gasteiger charge is 2.66. The molecule has 7 rings (SSSR count). The molecule has 2 fully saturated rings. The molecule has 1 N–H and O–H groups in total. The van der Waals surface area contributed by atoms with Gasteiger partial charge in [-0.1, -0.05) is 74.5 Å². The number of nitrogens with zero attached hydrogens (tertiary/aromatic N) is 2. The molecule has 1 spiro atoms. The van der Waals surface area contributed by atoms with E-state index >= 15 is 0 Å². The standard InChI is InChI=1S/C37H42N2O3/c1-25(2)24-39(34(41)18-13-26-9-5-3-6-10-26)30-15-14-29-31-23-28-32(40)16-17-33-35(28)37(29,36(30)42-33)20-22-38(31)21-19-27-11-7-4-8-12-27/h3-13,16-18,25,29-31,36,40H,14-15,19-24H2,1-2H3/t29-,30+,31+,36-,37-/m0/s1. The number of piperidine rings is 1. The van der Waals surface area contributed by atoms with Crippen molar-refractivity contribution in [1.82, 2.24) is 9.80 Å². The Morgan fingerprint density at radius 1 is 1.07 bits per heavy atom. The molecule has 0 radical (unpaired) electrons. The molecule has 2 bridgehead atoms. The number of hydrogen-bond donors (Lipinski definition) is 1. The van der Waals surface area contributed by atoms with Crippen LogP contribution in [0.5, 0.6) is 11.5 Å². The molecular formula is C37H42N2O3. The van der Waals surface area contributed by atoms with E-state index in [4.69, 9.17) is 4.74 Å². The van der Waals surface area contributed by atoms with Crippen LogP contribution in [0.1, 0.15) is 55.4 Å². The molecule has 5 atom stereocenters. The smallest absolute Gasteiger partial charge is 0.246 e. The van der Waals surface area contributed by atoms with Crippen molar-refractivity contribution in [2.24, 2.45) is 11.8 Å². The maximum atomic E-state index is 13.9. The highest BCUT2D eigenvalue weighted by molar-refractivity contribution is 5.92. The second-order valence-electron chi connectivity index (χ2n) is 13.2. The van der Waals surface area contributed by atoms with Crippen molar-refractivity contribution in [2.75, 3.05) is 19.6 Å². The Morgan fingerprint density at radius 2 is 1.83 bits per heavy atom. The van der Waals surface area contributed by atoms with Crippen molar-refractivity contribution >= 4 is 12.0 Å². The lowest BCUT2D eigenvalue weighted by atomic mass is 9.50. The first-order valence-corrected chi connectivity index (χ1v) is 15.8. The summed E-state index contributed by atoms with van der Waals surface area (Å²) in [5.41, 5.74) is 4.55. The van der Waals surface area contributed by atoms with Crippen LogP contribution in [-0.2, 0) is 23.1 Å². The van der Waals surface area contributed by atoms with Gasteiger partial charge in [0.05, 0.1) is 6.04 Å². The van der Waals surface area contributed by atoms with Crippen LogP contribution in [0.15, 0.2) is 78.9 Å². The second kappa shape index (κ2) is 10.9. The number of amides is 1. The number of phenols is 1. The maximum absolute atomic E-state index is 13.9. The second-order valence-corrected chi connectivity index (χ2v) is 13.2. The van der Waals surface area contributed by atoms with Gasteiger partial charge >= 0.3 is 0 Å². The Balaban J connectivity index is 1.22. The van der Waals surface area contributed by atoms with Gasteiger partial charge in [-0.25, -0.2) is 0 Å². The van der Waals surface area contributed by atoms with Crippen LogP contribution < -0.4 is 4.74 Å². The topological polar surface area (TPSA) is 53.0 Å². The molecule has 1 saturated carbocycles. The van der Waals surface area contributed by atoms with E-state index in [2.05, 4.69) is 54.0 Å². The third-order valence-corrected chi connectivity index (χ3v) is 10.4. The van der Waals surface area contributed by atoms with Crippen LogP contribution in [0, 0.1) is 11.8 Å². The van der Waals surface area contributed by atoms with Gasteiger partial charge in [0.15, 0.2) is 0 Å². The number of carbonyl (C=O) groups is 1. The summed E-state index contributed by atoms with van der Waals surface area (Å²) in [6.45, 7) is 7.11. The number of benzene rings is 3. The van der Waals surface area contributed by atoms with Crippen molar-refractivity contribution < 1.29 is 14.6 Å². The highest BCUT2D eigenvalue weighted by Crippen LogP contribution is 2.63. The van der Waals surface area contributed by atoms with Gasteiger partial charge in [0.1, 0.15) is 17.6 Å². The van der Waals surface area contributed by atoms with Crippen LogP contribution in [0.2, 0.25) is 0 Å². The molecule has 0 unspecified atom stereocenters. The summed E-state index contributed by atoms with van der Waals surface area (Å²) in [6, 6.07) is 25.0. The summed E-state index contributed by atoms with van der Waals surface area (Å²) in [5.74, 6) is 2.18. The fraction of sp³-hybridized carbons (Fsp3) is 0.432. The molecule has 218 valence electrons. The number of carbonyl (C=O) groups excluding carboxylic acids is 1. The van der Waals surface area contributed by atoms with E-state index in [1.54, 1.807) is 6.08 Å². The van der Waals surface area contributed by atoms with E-state index in [1.165, 1.54) is 11.1 Å². The predicted molar refractivity (Wildman–Crippen MR) is 167 cm³/mol. The first-order chi connectivity index (χ1) is 20.5. The third-order valence-electron chi connectivity index (χ3n) is 10.4. The molecule has 4 aliphatic rings. The summed E-state index contributed by atoms with van der Waals surface area (Å²) in [6.07, 6.45) is 8.48. The summed E-state index contributed by atoms with van der Waals surface area (Å²) in [5, 5.41) is 11.1. The van der Waals surface area contributed by atoms with Crippen LogP contribution in [0.3, 0.4) is 0 Å². The number of hydrogen-bond acceptors (Lipinski definition) is 4. The molecule has 5 nitrogen and oxygen atoms in total.